The van der Waals surface area contributed by atoms with Crippen molar-refractivity contribution >= 4 is 88.8 Å². The van der Waals surface area contributed by atoms with Crippen LogP contribution in [-0.4, -0.2) is 19.1 Å². The fraction of sp³-hybridized carbons (Fsp3) is 0. The molecule has 460 valence electrons. The number of aromatic nitrogens is 4. The molecule has 0 saturated carbocycles. The van der Waals surface area contributed by atoms with Crippen molar-refractivity contribution in [1.82, 2.24) is 19.1 Å². The maximum absolute atomic E-state index is 6.04. The summed E-state index contributed by atoms with van der Waals surface area (Å²) in [6.07, 6.45) is 0. The van der Waals surface area contributed by atoms with Crippen LogP contribution in [0.15, 0.2) is 376 Å². The van der Waals surface area contributed by atoms with Crippen LogP contribution >= 0.6 is 0 Å². The second-order valence-corrected chi connectivity index (χ2v) is 24.8. The molecular formula is C92H62N6. The Morgan fingerprint density at radius 2 is 0.490 bits per heavy atom. The molecule has 3 aromatic heterocycles. The number of anilines is 6. The van der Waals surface area contributed by atoms with E-state index in [-0.39, 0.29) is 0 Å². The fourth-order valence-corrected chi connectivity index (χ4v) is 14.6. The van der Waals surface area contributed by atoms with Gasteiger partial charge in [-0.05, 0) is 155 Å². The van der Waals surface area contributed by atoms with Gasteiger partial charge in [-0.2, -0.15) is 0 Å². The Bertz CT molecular complexity index is 5580. The zero-order valence-electron chi connectivity index (χ0n) is 53.5. The average molecular weight is 1250 g/mol. The average Bonchev–Trinajstić information content (AvgIpc) is 0.879. The van der Waals surface area contributed by atoms with E-state index in [4.69, 9.17) is 9.97 Å². The molecule has 0 aliphatic carbocycles. The smallest absolute Gasteiger partial charge is 0.0979 e. The third-order valence-corrected chi connectivity index (χ3v) is 19.1. The summed E-state index contributed by atoms with van der Waals surface area (Å²) < 4.78 is 4.74. The van der Waals surface area contributed by atoms with Crippen molar-refractivity contribution in [3.63, 3.8) is 0 Å². The van der Waals surface area contributed by atoms with Crippen molar-refractivity contribution in [2.75, 3.05) is 9.80 Å². The van der Waals surface area contributed by atoms with Gasteiger partial charge in [-0.15, -0.1) is 0 Å². The summed E-state index contributed by atoms with van der Waals surface area (Å²) in [4.78, 5) is 16.8. The number of hydrogen-bond acceptors (Lipinski definition) is 4. The third kappa shape index (κ3) is 10.1. The quantitative estimate of drug-likeness (QED) is 0.109. The van der Waals surface area contributed by atoms with Crippen molar-refractivity contribution in [3.05, 3.63) is 376 Å². The van der Waals surface area contributed by atoms with Crippen LogP contribution < -0.4 is 9.80 Å². The van der Waals surface area contributed by atoms with Gasteiger partial charge in [0, 0.05) is 89.3 Å². The lowest BCUT2D eigenvalue weighted by molar-refractivity contribution is 1.18. The van der Waals surface area contributed by atoms with E-state index in [1.54, 1.807) is 0 Å². The number of fused-ring (bicyclic) bond motifs is 7. The van der Waals surface area contributed by atoms with Gasteiger partial charge in [0.1, 0.15) is 0 Å². The SMILES string of the molecule is c1ccc(-c2ccccc2-c2ccc(-c3ccccc3-c3ccccc3)c3nc(-c4ccc(N(c5ccccc5)c5ccc6c(c5)c5ccccc5n6-c5ccccc5)cc4)c(-c4ccc(N(c5ccccc5)c5ccc6c(c5)c5ccccc5n6-c5ccccc5)cc4)nc23)cc1. The van der Waals surface area contributed by atoms with E-state index in [1.807, 2.05) is 0 Å². The molecule has 0 N–H and O–H groups in total. The molecule has 0 bridgehead atoms. The van der Waals surface area contributed by atoms with Crippen LogP contribution in [0.2, 0.25) is 0 Å². The molecule has 0 spiro atoms. The predicted octanol–water partition coefficient (Wildman–Crippen LogP) is 24.8. The lowest BCUT2D eigenvalue weighted by Crippen LogP contribution is -2.10. The van der Waals surface area contributed by atoms with Crippen LogP contribution in [0.5, 0.6) is 0 Å². The Labute approximate surface area is 568 Å². The normalized spacial score (nSPS) is 11.5. The standard InChI is InChI=1S/C92H62N6/c1-7-27-63(28-8-1)75-39-19-21-41-77(75)81-57-58-82(78-42-22-20-40-76(78)64-29-9-2-10-30-64)92-91(81)93-89(65-47-51-71(52-48-65)95(67-31-11-3-12-32-67)73-55-59-87-83(61-73)79-43-23-25-45-85(79)97(87)69-35-15-5-16-36-69)90(94-92)66-49-53-72(54-50-66)96(68-33-13-4-14-34-68)74-56-60-88-84(62-74)80-44-24-26-46-86(80)98(88)70-37-17-6-18-38-70/h1-62H. The van der Waals surface area contributed by atoms with Crippen molar-refractivity contribution in [3.8, 4) is 78.4 Å². The van der Waals surface area contributed by atoms with E-state index in [1.165, 1.54) is 21.5 Å². The Kier molecular flexibility index (Phi) is 14.5. The molecule has 6 nitrogen and oxygen atoms in total. The Balaban J connectivity index is 0.839. The number of para-hydroxylation sites is 6. The van der Waals surface area contributed by atoms with Crippen molar-refractivity contribution in [2.24, 2.45) is 0 Å². The maximum atomic E-state index is 6.04. The number of rotatable bonds is 14. The third-order valence-electron chi connectivity index (χ3n) is 19.1. The van der Waals surface area contributed by atoms with E-state index in [2.05, 4.69) is 395 Å². The van der Waals surface area contributed by atoms with Gasteiger partial charge in [-0.1, -0.05) is 255 Å². The molecule has 0 unspecified atom stereocenters. The Morgan fingerprint density at radius 1 is 0.194 bits per heavy atom. The minimum absolute atomic E-state index is 0.769. The maximum Gasteiger partial charge on any atom is 0.0979 e. The van der Waals surface area contributed by atoms with Gasteiger partial charge in [-0.3, -0.25) is 0 Å². The first-order valence-electron chi connectivity index (χ1n) is 33.4. The lowest BCUT2D eigenvalue weighted by Gasteiger charge is -2.26. The van der Waals surface area contributed by atoms with E-state index < -0.39 is 0 Å². The number of hydrogen-bond donors (Lipinski definition) is 0. The van der Waals surface area contributed by atoms with Gasteiger partial charge in [0.05, 0.1) is 44.5 Å². The molecule has 0 atom stereocenters. The molecule has 0 aliphatic rings. The molecule has 3 heterocycles. The topological polar surface area (TPSA) is 42.1 Å². The molecule has 0 amide bonds. The number of nitrogens with zero attached hydrogens (tertiary/aromatic N) is 6. The Hall–Kier alpha value is -13.2. The molecule has 0 aliphatic heterocycles. The van der Waals surface area contributed by atoms with Crippen LogP contribution in [0.25, 0.3) is 133 Å². The summed E-state index contributed by atoms with van der Waals surface area (Å²) >= 11 is 0. The first-order chi connectivity index (χ1) is 48.6. The zero-order chi connectivity index (χ0) is 64.9. The first-order valence-corrected chi connectivity index (χ1v) is 33.4. The van der Waals surface area contributed by atoms with Crippen LogP contribution in [0, 0.1) is 0 Å². The molecule has 15 aromatic carbocycles. The number of benzene rings is 15. The lowest BCUT2D eigenvalue weighted by atomic mass is 9.89. The van der Waals surface area contributed by atoms with Gasteiger partial charge >= 0.3 is 0 Å². The van der Waals surface area contributed by atoms with Gasteiger partial charge in [0.25, 0.3) is 0 Å². The minimum Gasteiger partial charge on any atom is -0.310 e. The Morgan fingerprint density at radius 3 is 0.878 bits per heavy atom. The van der Waals surface area contributed by atoms with Gasteiger partial charge < -0.3 is 18.9 Å². The zero-order valence-corrected chi connectivity index (χ0v) is 53.5. The van der Waals surface area contributed by atoms with E-state index in [9.17, 15) is 0 Å². The summed E-state index contributed by atoms with van der Waals surface area (Å²) in [5, 5.41) is 4.75. The fourth-order valence-electron chi connectivity index (χ4n) is 14.6. The molecule has 0 radical (unpaired) electrons. The van der Waals surface area contributed by atoms with Gasteiger partial charge in [0.15, 0.2) is 0 Å². The summed E-state index contributed by atoms with van der Waals surface area (Å²) in [6.45, 7) is 0. The monoisotopic (exact) mass is 1250 g/mol. The van der Waals surface area contributed by atoms with Crippen molar-refractivity contribution in [1.29, 1.82) is 0 Å². The highest BCUT2D eigenvalue weighted by atomic mass is 15.1. The highest BCUT2D eigenvalue weighted by Gasteiger charge is 2.25. The van der Waals surface area contributed by atoms with E-state index in [0.29, 0.717) is 0 Å². The molecule has 18 aromatic rings. The molecule has 6 heteroatoms. The predicted molar refractivity (Wildman–Crippen MR) is 410 cm³/mol. The minimum atomic E-state index is 0.769. The summed E-state index contributed by atoms with van der Waals surface area (Å²) in [5.74, 6) is 0. The summed E-state index contributed by atoms with van der Waals surface area (Å²) in [6, 6.07) is 135. The second kappa shape index (κ2) is 24.6. The van der Waals surface area contributed by atoms with Crippen LogP contribution in [0.3, 0.4) is 0 Å². The first kappa shape index (κ1) is 57.5. The molecule has 98 heavy (non-hydrogen) atoms. The van der Waals surface area contributed by atoms with E-state index in [0.717, 1.165) is 146 Å². The van der Waals surface area contributed by atoms with Crippen LogP contribution in [0.1, 0.15) is 0 Å². The van der Waals surface area contributed by atoms with E-state index >= 15 is 0 Å². The molecule has 18 rings (SSSR count). The van der Waals surface area contributed by atoms with Gasteiger partial charge in [-0.25, -0.2) is 9.97 Å². The summed E-state index contributed by atoms with van der Waals surface area (Å²) in [7, 11) is 0. The van der Waals surface area contributed by atoms with Crippen LogP contribution in [0.4, 0.5) is 34.1 Å². The van der Waals surface area contributed by atoms with Crippen molar-refractivity contribution in [2.45, 2.75) is 0 Å². The molecule has 0 saturated heterocycles. The van der Waals surface area contributed by atoms with Gasteiger partial charge in [0.2, 0.25) is 0 Å². The van der Waals surface area contributed by atoms with Crippen molar-refractivity contribution < 1.29 is 0 Å². The largest absolute Gasteiger partial charge is 0.310 e. The summed E-state index contributed by atoms with van der Waals surface area (Å²) in [5.41, 5.74) is 26.7. The molecule has 0 fully saturated rings. The highest BCUT2D eigenvalue weighted by Crippen LogP contribution is 2.47. The highest BCUT2D eigenvalue weighted by molar-refractivity contribution is 6.13. The molecular weight excluding hydrogens is 1190 g/mol. The van der Waals surface area contributed by atoms with Crippen LogP contribution in [-0.2, 0) is 0 Å². The second-order valence-electron chi connectivity index (χ2n) is 24.8.